The number of ether oxygens (including phenoxy) is 2. The lowest BCUT2D eigenvalue weighted by molar-refractivity contribution is -0.139. The van der Waals surface area contributed by atoms with Gasteiger partial charge in [-0.15, -0.1) is 0 Å². The molecule has 1 N–H and O–H groups in total. The maximum Gasteiger partial charge on any atom is 0.309 e. The molecular weight excluding hydrogens is 330 g/mol. The van der Waals surface area contributed by atoms with Gasteiger partial charge in [-0.1, -0.05) is 35.9 Å². The van der Waals surface area contributed by atoms with E-state index in [1.807, 2.05) is 12.1 Å². The lowest BCUT2D eigenvalue weighted by Gasteiger charge is -2.08. The van der Waals surface area contributed by atoms with Gasteiger partial charge < -0.3 is 14.8 Å². The van der Waals surface area contributed by atoms with Crippen molar-refractivity contribution in [1.82, 2.24) is 5.32 Å². The number of amides is 1. The summed E-state index contributed by atoms with van der Waals surface area (Å²) in [7, 11) is 1.35. The van der Waals surface area contributed by atoms with E-state index in [1.165, 1.54) is 7.11 Å². The maximum atomic E-state index is 11.8. The summed E-state index contributed by atoms with van der Waals surface area (Å²) in [5.74, 6) is 0.0270. The first-order valence-electron chi connectivity index (χ1n) is 7.36. The van der Waals surface area contributed by atoms with E-state index in [-0.39, 0.29) is 24.9 Å². The molecule has 0 spiro atoms. The van der Waals surface area contributed by atoms with Gasteiger partial charge in [0.15, 0.2) is 6.61 Å². The zero-order valence-electron chi connectivity index (χ0n) is 13.3. The summed E-state index contributed by atoms with van der Waals surface area (Å²) in [6.45, 7) is 0.303. The Morgan fingerprint density at radius 2 is 1.83 bits per heavy atom. The van der Waals surface area contributed by atoms with Crippen molar-refractivity contribution < 1.29 is 19.1 Å². The van der Waals surface area contributed by atoms with Gasteiger partial charge in [0.1, 0.15) is 5.75 Å². The maximum absolute atomic E-state index is 11.8. The molecule has 0 heterocycles. The zero-order chi connectivity index (χ0) is 17.4. The second-order valence-electron chi connectivity index (χ2n) is 5.09. The van der Waals surface area contributed by atoms with Crippen molar-refractivity contribution in [3.05, 3.63) is 64.7 Å². The smallest absolute Gasteiger partial charge is 0.309 e. The van der Waals surface area contributed by atoms with Crippen molar-refractivity contribution in [3.8, 4) is 5.75 Å². The SMILES string of the molecule is COC(=O)Cc1ccc(OCC(=O)NCc2cccc(Cl)c2)cc1. The lowest BCUT2D eigenvalue weighted by atomic mass is 10.1. The summed E-state index contributed by atoms with van der Waals surface area (Å²) in [4.78, 5) is 23.0. The number of carbonyl (C=O) groups is 2. The second-order valence-corrected chi connectivity index (χ2v) is 5.53. The summed E-state index contributed by atoms with van der Waals surface area (Å²) >= 11 is 5.89. The molecular formula is C18H18ClNO4. The average molecular weight is 348 g/mol. The van der Waals surface area contributed by atoms with Crippen LogP contribution in [0.2, 0.25) is 5.02 Å². The Hall–Kier alpha value is -2.53. The molecule has 0 aromatic heterocycles. The van der Waals surface area contributed by atoms with E-state index in [9.17, 15) is 9.59 Å². The molecule has 0 aliphatic carbocycles. The molecule has 0 fully saturated rings. The molecule has 1 amide bonds. The minimum absolute atomic E-state index is 0.0864. The standard InChI is InChI=1S/C18H18ClNO4/c1-23-18(22)10-13-5-7-16(8-6-13)24-12-17(21)20-11-14-3-2-4-15(19)9-14/h2-9H,10-12H2,1H3,(H,20,21). The summed E-state index contributed by atoms with van der Waals surface area (Å²) < 4.78 is 10.0. The van der Waals surface area contributed by atoms with E-state index < -0.39 is 0 Å². The first-order chi connectivity index (χ1) is 11.6. The third-order valence-corrected chi connectivity index (χ3v) is 3.48. The molecule has 2 rings (SSSR count). The predicted molar refractivity (Wildman–Crippen MR) is 91.0 cm³/mol. The first-order valence-corrected chi connectivity index (χ1v) is 7.74. The van der Waals surface area contributed by atoms with Crippen LogP contribution in [0.3, 0.4) is 0 Å². The minimum atomic E-state index is -0.302. The molecule has 5 nitrogen and oxygen atoms in total. The van der Waals surface area contributed by atoms with Crippen molar-refractivity contribution >= 4 is 23.5 Å². The minimum Gasteiger partial charge on any atom is -0.484 e. The highest BCUT2D eigenvalue weighted by Crippen LogP contribution is 2.13. The number of carbonyl (C=O) groups excluding carboxylic acids is 2. The first kappa shape index (κ1) is 17.8. The van der Waals surface area contributed by atoms with Gasteiger partial charge in [-0.25, -0.2) is 0 Å². The normalized spacial score (nSPS) is 10.1. The largest absolute Gasteiger partial charge is 0.484 e. The van der Waals surface area contributed by atoms with Crippen LogP contribution in [0.5, 0.6) is 5.75 Å². The molecule has 2 aromatic carbocycles. The van der Waals surface area contributed by atoms with Gasteiger partial charge in [-0.2, -0.15) is 0 Å². The number of esters is 1. The van der Waals surface area contributed by atoms with Gasteiger partial charge in [0.2, 0.25) is 0 Å². The third-order valence-electron chi connectivity index (χ3n) is 3.25. The van der Waals surface area contributed by atoms with E-state index in [0.717, 1.165) is 11.1 Å². The molecule has 0 bridgehead atoms. The second kappa shape index (κ2) is 8.93. The molecule has 0 unspecified atom stereocenters. The van der Waals surface area contributed by atoms with Crippen molar-refractivity contribution in [2.24, 2.45) is 0 Å². The lowest BCUT2D eigenvalue weighted by Crippen LogP contribution is -2.28. The summed E-state index contributed by atoms with van der Waals surface area (Å²) in [6.07, 6.45) is 0.205. The van der Waals surface area contributed by atoms with Crippen molar-refractivity contribution in [1.29, 1.82) is 0 Å². The number of methoxy groups -OCH3 is 1. The topological polar surface area (TPSA) is 64.6 Å². The van der Waals surface area contributed by atoms with Crippen LogP contribution in [-0.4, -0.2) is 25.6 Å². The van der Waals surface area contributed by atoms with Crippen LogP contribution in [0.1, 0.15) is 11.1 Å². The number of nitrogens with one attached hydrogen (secondary N) is 1. The fourth-order valence-electron chi connectivity index (χ4n) is 1.99. The Kier molecular flexibility index (Phi) is 6.63. The number of hydrogen-bond donors (Lipinski definition) is 1. The van der Waals surface area contributed by atoms with E-state index in [1.54, 1.807) is 36.4 Å². The zero-order valence-corrected chi connectivity index (χ0v) is 14.0. The van der Waals surface area contributed by atoms with Gasteiger partial charge in [0.05, 0.1) is 13.5 Å². The van der Waals surface area contributed by atoms with Gasteiger partial charge in [0, 0.05) is 11.6 Å². The monoisotopic (exact) mass is 347 g/mol. The number of rotatable bonds is 7. The molecule has 24 heavy (non-hydrogen) atoms. The van der Waals surface area contributed by atoms with Gasteiger partial charge in [0.25, 0.3) is 5.91 Å². The van der Waals surface area contributed by atoms with Crippen molar-refractivity contribution in [3.63, 3.8) is 0 Å². The van der Waals surface area contributed by atoms with Crippen LogP contribution in [0.25, 0.3) is 0 Å². The van der Waals surface area contributed by atoms with Crippen LogP contribution in [0, 0.1) is 0 Å². The highest BCUT2D eigenvalue weighted by Gasteiger charge is 2.05. The molecule has 0 saturated carbocycles. The number of halogens is 1. The van der Waals surface area contributed by atoms with Gasteiger partial charge in [-0.3, -0.25) is 9.59 Å². The van der Waals surface area contributed by atoms with Gasteiger partial charge >= 0.3 is 5.97 Å². The summed E-state index contributed by atoms with van der Waals surface area (Å²) in [5, 5.41) is 3.39. The molecule has 0 radical (unpaired) electrons. The molecule has 0 saturated heterocycles. The Morgan fingerprint density at radius 3 is 2.50 bits per heavy atom. The van der Waals surface area contributed by atoms with Crippen LogP contribution >= 0.6 is 11.6 Å². The predicted octanol–water partition coefficient (Wildman–Crippen LogP) is 2.75. The van der Waals surface area contributed by atoms with E-state index in [2.05, 4.69) is 10.1 Å². The Balaban J connectivity index is 1.76. The summed E-state index contributed by atoms with van der Waals surface area (Å²) in [6, 6.07) is 14.2. The van der Waals surface area contributed by atoms with E-state index >= 15 is 0 Å². The van der Waals surface area contributed by atoms with Gasteiger partial charge in [-0.05, 0) is 35.4 Å². The molecule has 0 aliphatic rings. The Bertz CT molecular complexity index is 700. The Labute approximate surface area is 145 Å². The highest BCUT2D eigenvalue weighted by molar-refractivity contribution is 6.30. The molecule has 0 aliphatic heterocycles. The van der Waals surface area contributed by atoms with Crippen LogP contribution in [0.4, 0.5) is 0 Å². The molecule has 0 atom stereocenters. The van der Waals surface area contributed by atoms with Crippen molar-refractivity contribution in [2.45, 2.75) is 13.0 Å². The van der Waals surface area contributed by atoms with Crippen molar-refractivity contribution in [2.75, 3.05) is 13.7 Å². The quantitative estimate of drug-likeness (QED) is 0.782. The van der Waals surface area contributed by atoms with E-state index in [4.69, 9.17) is 16.3 Å². The van der Waals surface area contributed by atoms with E-state index in [0.29, 0.717) is 17.3 Å². The Morgan fingerprint density at radius 1 is 1.08 bits per heavy atom. The third kappa shape index (κ3) is 5.93. The molecule has 2 aromatic rings. The highest BCUT2D eigenvalue weighted by atomic mass is 35.5. The number of benzene rings is 2. The average Bonchev–Trinajstić information content (AvgIpc) is 2.59. The fraction of sp³-hybridized carbons (Fsp3) is 0.222. The molecule has 6 heteroatoms. The van der Waals surface area contributed by atoms with Crippen LogP contribution in [0.15, 0.2) is 48.5 Å². The number of hydrogen-bond acceptors (Lipinski definition) is 4. The fourth-order valence-corrected chi connectivity index (χ4v) is 2.20. The molecule has 126 valence electrons. The van der Waals surface area contributed by atoms with Crippen LogP contribution < -0.4 is 10.1 Å². The van der Waals surface area contributed by atoms with Crippen LogP contribution in [-0.2, 0) is 27.3 Å². The summed E-state index contributed by atoms with van der Waals surface area (Å²) in [5.41, 5.74) is 1.74.